The predicted octanol–water partition coefficient (Wildman–Crippen LogP) is 2.03. The lowest BCUT2D eigenvalue weighted by Gasteiger charge is -2.11. The Labute approximate surface area is 110 Å². The fraction of sp³-hybridized carbons (Fsp3) is 0.0667. The molecule has 3 rings (SSSR count). The topological polar surface area (TPSA) is 60.4 Å². The molecule has 0 saturated carbocycles. The van der Waals surface area contributed by atoms with Gasteiger partial charge in [-0.1, -0.05) is 36.4 Å². The van der Waals surface area contributed by atoms with Crippen LogP contribution in [0.3, 0.4) is 0 Å². The summed E-state index contributed by atoms with van der Waals surface area (Å²) in [6.45, 7) is 0. The maximum absolute atomic E-state index is 11.3. The molecule has 0 bridgehead atoms. The van der Waals surface area contributed by atoms with E-state index < -0.39 is 0 Å². The van der Waals surface area contributed by atoms with Crippen LogP contribution in [0.25, 0.3) is 16.6 Å². The normalized spacial score (nSPS) is 10.7. The van der Waals surface area contributed by atoms with Gasteiger partial charge in [-0.2, -0.15) is 0 Å². The highest BCUT2D eigenvalue weighted by Gasteiger charge is 2.11. The first-order valence-electron chi connectivity index (χ1n) is 6.03. The summed E-state index contributed by atoms with van der Waals surface area (Å²) in [6, 6.07) is 13.9. The van der Waals surface area contributed by atoms with Gasteiger partial charge in [-0.05, 0) is 11.6 Å². The van der Waals surface area contributed by atoms with Crippen molar-refractivity contribution in [1.29, 1.82) is 0 Å². The maximum Gasteiger partial charge on any atom is 0.223 e. The Morgan fingerprint density at radius 3 is 2.68 bits per heavy atom. The number of imidazole rings is 1. The molecular weight excluding hydrogens is 238 g/mol. The molecule has 0 aliphatic rings. The Hall–Kier alpha value is -2.62. The number of nitrogens with two attached hydrogens (primary N) is 1. The summed E-state index contributed by atoms with van der Waals surface area (Å²) in [5.74, 6) is -0.349. The van der Waals surface area contributed by atoms with Crippen molar-refractivity contribution in [2.24, 2.45) is 5.73 Å². The number of hydrogen-bond acceptors (Lipinski definition) is 2. The van der Waals surface area contributed by atoms with Gasteiger partial charge in [0.05, 0.1) is 24.5 Å². The zero-order valence-corrected chi connectivity index (χ0v) is 10.3. The number of pyridine rings is 1. The molecule has 0 aliphatic carbocycles. The van der Waals surface area contributed by atoms with E-state index in [1.165, 1.54) is 0 Å². The quantitative estimate of drug-likeness (QED) is 0.774. The molecule has 2 heterocycles. The molecule has 19 heavy (non-hydrogen) atoms. The Kier molecular flexibility index (Phi) is 2.76. The summed E-state index contributed by atoms with van der Waals surface area (Å²) in [5, 5.41) is 0. The Bertz CT molecular complexity index is 731. The smallest absolute Gasteiger partial charge is 0.223 e. The van der Waals surface area contributed by atoms with Crippen LogP contribution in [0, 0.1) is 0 Å². The van der Waals surface area contributed by atoms with E-state index in [0.717, 1.165) is 22.3 Å². The van der Waals surface area contributed by atoms with Gasteiger partial charge < -0.3 is 10.1 Å². The third kappa shape index (κ3) is 2.08. The van der Waals surface area contributed by atoms with E-state index in [-0.39, 0.29) is 12.3 Å². The zero-order valence-electron chi connectivity index (χ0n) is 10.3. The minimum Gasteiger partial charge on any atom is -0.369 e. The van der Waals surface area contributed by atoms with Crippen LogP contribution in [0.15, 0.2) is 55.0 Å². The van der Waals surface area contributed by atoms with E-state index in [1.54, 1.807) is 12.5 Å². The van der Waals surface area contributed by atoms with Gasteiger partial charge in [-0.3, -0.25) is 4.79 Å². The van der Waals surface area contributed by atoms with Gasteiger partial charge in [-0.15, -0.1) is 0 Å². The molecule has 4 nitrogen and oxygen atoms in total. The molecule has 1 aromatic carbocycles. The van der Waals surface area contributed by atoms with Gasteiger partial charge in [0.2, 0.25) is 5.91 Å². The molecule has 3 aromatic rings. The number of fused-ring (bicyclic) bond motifs is 1. The fourth-order valence-corrected chi connectivity index (χ4v) is 2.27. The Morgan fingerprint density at radius 2 is 1.95 bits per heavy atom. The number of hydrogen-bond donors (Lipinski definition) is 1. The van der Waals surface area contributed by atoms with Crippen molar-refractivity contribution in [2.75, 3.05) is 0 Å². The third-order valence-electron chi connectivity index (χ3n) is 3.12. The van der Waals surface area contributed by atoms with Gasteiger partial charge in [0, 0.05) is 11.3 Å². The van der Waals surface area contributed by atoms with Crippen molar-refractivity contribution >= 4 is 11.4 Å². The number of carbonyl (C=O) groups excluding carboxylic acids is 1. The van der Waals surface area contributed by atoms with Gasteiger partial charge in [0.1, 0.15) is 0 Å². The first kappa shape index (κ1) is 11.5. The van der Waals surface area contributed by atoms with E-state index in [0.29, 0.717) is 0 Å². The van der Waals surface area contributed by atoms with E-state index in [2.05, 4.69) is 4.98 Å². The van der Waals surface area contributed by atoms with Crippen molar-refractivity contribution in [3.05, 3.63) is 60.7 Å². The first-order chi connectivity index (χ1) is 9.25. The SMILES string of the molecule is NC(=O)Cc1c(-c2ccccc2)ccc2cncn12. The molecule has 94 valence electrons. The molecule has 2 aromatic heterocycles. The second-order valence-corrected chi connectivity index (χ2v) is 4.39. The lowest BCUT2D eigenvalue weighted by atomic mass is 10.0. The molecule has 4 heteroatoms. The molecule has 0 fully saturated rings. The monoisotopic (exact) mass is 251 g/mol. The lowest BCUT2D eigenvalue weighted by molar-refractivity contribution is -0.117. The third-order valence-corrected chi connectivity index (χ3v) is 3.12. The average Bonchev–Trinajstić information content (AvgIpc) is 2.88. The Balaban J connectivity index is 2.26. The van der Waals surface area contributed by atoms with Crippen molar-refractivity contribution in [3.8, 4) is 11.1 Å². The molecule has 0 unspecified atom stereocenters. The van der Waals surface area contributed by atoms with Crippen LogP contribution in [-0.2, 0) is 11.2 Å². The lowest BCUT2D eigenvalue weighted by Crippen LogP contribution is -2.16. The van der Waals surface area contributed by atoms with Gasteiger partial charge in [0.15, 0.2) is 0 Å². The van der Waals surface area contributed by atoms with Crippen molar-refractivity contribution in [3.63, 3.8) is 0 Å². The van der Waals surface area contributed by atoms with Gasteiger partial charge >= 0.3 is 0 Å². The molecular formula is C15H13N3O. The number of carbonyl (C=O) groups is 1. The average molecular weight is 251 g/mol. The number of rotatable bonds is 3. The maximum atomic E-state index is 11.3. The molecule has 0 atom stereocenters. The van der Waals surface area contributed by atoms with Crippen LogP contribution in [0.1, 0.15) is 5.69 Å². The number of aromatic nitrogens is 2. The van der Waals surface area contributed by atoms with E-state index in [1.807, 2.05) is 46.9 Å². The van der Waals surface area contributed by atoms with Crippen molar-refractivity contribution in [1.82, 2.24) is 9.38 Å². The van der Waals surface area contributed by atoms with E-state index >= 15 is 0 Å². The van der Waals surface area contributed by atoms with Gasteiger partial charge in [0.25, 0.3) is 0 Å². The van der Waals surface area contributed by atoms with E-state index in [4.69, 9.17) is 5.73 Å². The molecule has 0 radical (unpaired) electrons. The number of nitrogens with zero attached hydrogens (tertiary/aromatic N) is 2. The molecule has 0 saturated heterocycles. The minimum absolute atomic E-state index is 0.192. The van der Waals surface area contributed by atoms with Crippen LogP contribution in [-0.4, -0.2) is 15.3 Å². The van der Waals surface area contributed by atoms with E-state index in [9.17, 15) is 4.79 Å². The van der Waals surface area contributed by atoms with Crippen molar-refractivity contribution in [2.45, 2.75) is 6.42 Å². The summed E-state index contributed by atoms with van der Waals surface area (Å²) in [4.78, 5) is 15.4. The largest absolute Gasteiger partial charge is 0.369 e. The van der Waals surface area contributed by atoms with Crippen LogP contribution in [0.2, 0.25) is 0 Å². The second-order valence-electron chi connectivity index (χ2n) is 4.39. The summed E-state index contributed by atoms with van der Waals surface area (Å²) in [7, 11) is 0. The number of primary amides is 1. The second kappa shape index (κ2) is 4.57. The van der Waals surface area contributed by atoms with Crippen LogP contribution in [0.4, 0.5) is 0 Å². The number of benzene rings is 1. The minimum atomic E-state index is -0.349. The summed E-state index contributed by atoms with van der Waals surface area (Å²) < 4.78 is 1.91. The molecule has 1 amide bonds. The fourth-order valence-electron chi connectivity index (χ4n) is 2.27. The van der Waals surface area contributed by atoms with Crippen LogP contribution < -0.4 is 5.73 Å². The zero-order chi connectivity index (χ0) is 13.2. The highest BCUT2D eigenvalue weighted by molar-refractivity contribution is 5.80. The van der Waals surface area contributed by atoms with Crippen LogP contribution in [0.5, 0.6) is 0 Å². The Morgan fingerprint density at radius 1 is 1.16 bits per heavy atom. The summed E-state index contributed by atoms with van der Waals surface area (Å²) in [5.41, 5.74) is 9.25. The summed E-state index contributed by atoms with van der Waals surface area (Å²) >= 11 is 0. The molecule has 0 spiro atoms. The number of amides is 1. The predicted molar refractivity (Wildman–Crippen MR) is 73.5 cm³/mol. The summed E-state index contributed by atoms with van der Waals surface area (Å²) in [6.07, 6.45) is 3.66. The first-order valence-corrected chi connectivity index (χ1v) is 6.03. The highest BCUT2D eigenvalue weighted by atomic mass is 16.1. The molecule has 0 aliphatic heterocycles. The van der Waals surface area contributed by atoms with Gasteiger partial charge in [-0.25, -0.2) is 4.98 Å². The highest BCUT2D eigenvalue weighted by Crippen LogP contribution is 2.25. The van der Waals surface area contributed by atoms with Crippen molar-refractivity contribution < 1.29 is 4.79 Å². The standard InChI is InChI=1S/C15H13N3O/c16-15(19)8-14-13(11-4-2-1-3-5-11)7-6-12-9-17-10-18(12)14/h1-7,9-10H,8H2,(H2,16,19). The molecule has 2 N–H and O–H groups in total. The van der Waals surface area contributed by atoms with Crippen LogP contribution >= 0.6 is 0 Å².